The lowest BCUT2D eigenvalue weighted by atomic mass is 10.1. The van der Waals surface area contributed by atoms with Gasteiger partial charge in [0.1, 0.15) is 0 Å². The third kappa shape index (κ3) is 2.30. The lowest BCUT2D eigenvalue weighted by Gasteiger charge is -2.13. The van der Waals surface area contributed by atoms with Gasteiger partial charge < -0.3 is 5.11 Å². The van der Waals surface area contributed by atoms with Crippen LogP contribution in [0.4, 0.5) is 0 Å². The van der Waals surface area contributed by atoms with E-state index in [-0.39, 0.29) is 17.3 Å². The third-order valence-electron chi connectivity index (χ3n) is 3.30. The van der Waals surface area contributed by atoms with Gasteiger partial charge in [-0.25, -0.2) is 0 Å². The topological polar surface area (TPSA) is 52.9 Å². The Hall–Kier alpha value is -1.06. The average molecular weight is 212 g/mol. The molecule has 4 nitrogen and oxygen atoms in total. The monoisotopic (exact) mass is 212 g/mol. The van der Waals surface area contributed by atoms with Gasteiger partial charge in [-0.2, -0.15) is 5.10 Å². The van der Waals surface area contributed by atoms with Crippen LogP contribution in [-0.4, -0.2) is 35.4 Å². The highest BCUT2D eigenvalue weighted by atomic mass is 16.4. The van der Waals surface area contributed by atoms with E-state index in [1.807, 2.05) is 32.7 Å². The molecule has 0 saturated heterocycles. The van der Waals surface area contributed by atoms with Gasteiger partial charge in [-0.1, -0.05) is 13.8 Å². The van der Waals surface area contributed by atoms with Crippen molar-refractivity contribution in [2.75, 3.05) is 13.1 Å². The number of carboxylic acids is 1. The number of carboxylic acid groups (broad SMARTS) is 1. The van der Waals surface area contributed by atoms with E-state index < -0.39 is 5.97 Å². The van der Waals surface area contributed by atoms with E-state index in [1.165, 1.54) is 0 Å². The molecule has 0 aromatic heterocycles. The van der Waals surface area contributed by atoms with Crippen LogP contribution in [0.15, 0.2) is 5.10 Å². The van der Waals surface area contributed by atoms with Crippen LogP contribution in [0.1, 0.15) is 27.7 Å². The van der Waals surface area contributed by atoms with Gasteiger partial charge >= 0.3 is 5.97 Å². The highest BCUT2D eigenvalue weighted by Crippen LogP contribution is 2.57. The van der Waals surface area contributed by atoms with E-state index >= 15 is 0 Å². The zero-order chi connectivity index (χ0) is 11.6. The van der Waals surface area contributed by atoms with Crippen molar-refractivity contribution in [1.29, 1.82) is 0 Å². The van der Waals surface area contributed by atoms with E-state index in [2.05, 4.69) is 5.10 Å². The standard InChI is InChI=1S/C11H20N2O2/c1-5-13(6-2)12-7-8-9(10(14)15)11(8,3)4/h7-9H,5-6H2,1-4H3,(H,14,15)/b12-7+/t8?,9-/m0/s1. The summed E-state index contributed by atoms with van der Waals surface area (Å²) in [5.41, 5.74) is -0.136. The van der Waals surface area contributed by atoms with E-state index in [4.69, 9.17) is 5.11 Å². The molecule has 1 aliphatic rings. The first kappa shape index (κ1) is 12.0. The molecular weight excluding hydrogens is 192 g/mol. The number of hydrazone groups is 1. The first-order valence-electron chi connectivity index (χ1n) is 5.47. The van der Waals surface area contributed by atoms with Gasteiger partial charge in [-0.3, -0.25) is 9.80 Å². The maximum absolute atomic E-state index is 10.9. The predicted molar refractivity (Wildman–Crippen MR) is 59.8 cm³/mol. The summed E-state index contributed by atoms with van der Waals surface area (Å²) in [5, 5.41) is 15.2. The normalized spacial score (nSPS) is 28.0. The minimum atomic E-state index is -0.712. The minimum absolute atomic E-state index is 0.0793. The number of carbonyl (C=O) groups is 1. The third-order valence-corrected chi connectivity index (χ3v) is 3.30. The summed E-state index contributed by atoms with van der Waals surface area (Å²) in [5.74, 6) is -0.900. The fraction of sp³-hybridized carbons (Fsp3) is 0.818. The Labute approximate surface area is 91.0 Å². The molecule has 86 valence electrons. The zero-order valence-electron chi connectivity index (χ0n) is 9.90. The first-order valence-corrected chi connectivity index (χ1v) is 5.47. The predicted octanol–water partition coefficient (Wildman–Crippen LogP) is 1.67. The van der Waals surface area contributed by atoms with Crippen LogP contribution in [0.2, 0.25) is 0 Å². The quantitative estimate of drug-likeness (QED) is 0.557. The van der Waals surface area contributed by atoms with Gasteiger partial charge in [-0.15, -0.1) is 0 Å². The van der Waals surface area contributed by atoms with E-state index in [0.717, 1.165) is 13.1 Å². The summed E-state index contributed by atoms with van der Waals surface area (Å²) < 4.78 is 0. The summed E-state index contributed by atoms with van der Waals surface area (Å²) in [4.78, 5) is 10.9. The van der Waals surface area contributed by atoms with Gasteiger partial charge in [0, 0.05) is 25.2 Å². The molecule has 1 saturated carbocycles. The molecule has 15 heavy (non-hydrogen) atoms. The maximum atomic E-state index is 10.9. The van der Waals surface area contributed by atoms with Crippen LogP contribution in [0.25, 0.3) is 0 Å². The van der Waals surface area contributed by atoms with Crippen LogP contribution < -0.4 is 0 Å². The Kier molecular flexibility index (Phi) is 3.37. The Morgan fingerprint density at radius 1 is 1.47 bits per heavy atom. The molecule has 1 N–H and O–H groups in total. The van der Waals surface area contributed by atoms with E-state index in [0.29, 0.717) is 0 Å². The Morgan fingerprint density at radius 2 is 2.00 bits per heavy atom. The largest absolute Gasteiger partial charge is 0.481 e. The Balaban J connectivity index is 2.58. The summed E-state index contributed by atoms with van der Waals surface area (Å²) in [6.07, 6.45) is 1.80. The van der Waals surface area contributed by atoms with E-state index in [9.17, 15) is 4.79 Å². The second-order valence-electron chi connectivity index (χ2n) is 4.57. The van der Waals surface area contributed by atoms with Crippen LogP contribution in [-0.2, 0) is 4.79 Å². The highest BCUT2D eigenvalue weighted by molar-refractivity contribution is 5.84. The van der Waals surface area contributed by atoms with Crippen molar-refractivity contribution in [2.45, 2.75) is 27.7 Å². The molecular formula is C11H20N2O2. The first-order chi connectivity index (χ1) is 6.95. The molecule has 0 aromatic carbocycles. The lowest BCUT2D eigenvalue weighted by molar-refractivity contribution is -0.139. The van der Waals surface area contributed by atoms with Crippen LogP contribution in [0, 0.1) is 17.3 Å². The smallest absolute Gasteiger partial charge is 0.307 e. The van der Waals surface area contributed by atoms with Gasteiger partial charge in [0.2, 0.25) is 0 Å². The number of nitrogens with zero attached hydrogens (tertiary/aromatic N) is 2. The number of rotatable bonds is 5. The van der Waals surface area contributed by atoms with Crippen LogP contribution >= 0.6 is 0 Å². The summed E-state index contributed by atoms with van der Waals surface area (Å²) in [6, 6.07) is 0. The van der Waals surface area contributed by atoms with Crippen molar-refractivity contribution in [3.05, 3.63) is 0 Å². The summed E-state index contributed by atoms with van der Waals surface area (Å²) in [6.45, 7) is 9.74. The summed E-state index contributed by atoms with van der Waals surface area (Å²) in [7, 11) is 0. The molecule has 0 bridgehead atoms. The molecule has 1 unspecified atom stereocenters. The van der Waals surface area contributed by atoms with Gasteiger partial charge in [0.25, 0.3) is 0 Å². The molecule has 1 aliphatic carbocycles. The molecule has 0 heterocycles. The molecule has 1 rings (SSSR count). The molecule has 0 radical (unpaired) electrons. The molecule has 2 atom stereocenters. The number of aliphatic carboxylic acids is 1. The SMILES string of the molecule is CCN(CC)/N=C/C1[C@@H](C(=O)O)C1(C)C. The van der Waals surface area contributed by atoms with Crippen molar-refractivity contribution >= 4 is 12.2 Å². The molecule has 0 aromatic rings. The van der Waals surface area contributed by atoms with Gasteiger partial charge in [0.05, 0.1) is 5.92 Å². The molecule has 0 aliphatic heterocycles. The number of hydrogen-bond donors (Lipinski definition) is 1. The Morgan fingerprint density at radius 3 is 2.33 bits per heavy atom. The van der Waals surface area contributed by atoms with Crippen molar-refractivity contribution in [3.8, 4) is 0 Å². The molecule has 4 heteroatoms. The minimum Gasteiger partial charge on any atom is -0.481 e. The summed E-state index contributed by atoms with van der Waals surface area (Å²) >= 11 is 0. The number of hydrogen-bond acceptors (Lipinski definition) is 3. The average Bonchev–Trinajstić information content (AvgIpc) is 2.70. The Bertz CT molecular complexity index is 270. The molecule has 0 spiro atoms. The van der Waals surface area contributed by atoms with Crippen molar-refractivity contribution in [3.63, 3.8) is 0 Å². The van der Waals surface area contributed by atoms with Crippen LogP contribution in [0.3, 0.4) is 0 Å². The second kappa shape index (κ2) is 4.21. The second-order valence-corrected chi connectivity index (χ2v) is 4.57. The van der Waals surface area contributed by atoms with Gasteiger partial charge in [-0.05, 0) is 19.3 Å². The molecule has 0 amide bonds. The fourth-order valence-electron chi connectivity index (χ4n) is 1.98. The van der Waals surface area contributed by atoms with Gasteiger partial charge in [0.15, 0.2) is 0 Å². The van der Waals surface area contributed by atoms with E-state index in [1.54, 1.807) is 6.21 Å². The van der Waals surface area contributed by atoms with Crippen molar-refractivity contribution in [2.24, 2.45) is 22.4 Å². The lowest BCUT2D eigenvalue weighted by Crippen LogP contribution is -2.16. The highest BCUT2D eigenvalue weighted by Gasteiger charge is 2.61. The van der Waals surface area contributed by atoms with Crippen LogP contribution in [0.5, 0.6) is 0 Å². The van der Waals surface area contributed by atoms with Crippen molar-refractivity contribution in [1.82, 2.24) is 5.01 Å². The molecule has 1 fully saturated rings. The maximum Gasteiger partial charge on any atom is 0.307 e. The zero-order valence-corrected chi connectivity index (χ0v) is 9.90. The van der Waals surface area contributed by atoms with Crippen molar-refractivity contribution < 1.29 is 9.90 Å². The fourth-order valence-corrected chi connectivity index (χ4v) is 1.98.